The molecule has 5 aromatic rings. The van der Waals surface area contributed by atoms with E-state index in [1.807, 2.05) is 79.0 Å². The molecular formula is C27H21N5O2S. The number of nitrogens with zero attached hydrogens (tertiary/aromatic N) is 3. The number of aryl methyl sites for hydroxylation is 1. The maximum absolute atomic E-state index is 12.9. The number of fused-ring (bicyclic) bond motifs is 1. The van der Waals surface area contributed by atoms with Crippen LogP contribution in [-0.2, 0) is 6.54 Å². The summed E-state index contributed by atoms with van der Waals surface area (Å²) in [4.78, 5) is 14.0. The van der Waals surface area contributed by atoms with Crippen molar-refractivity contribution in [2.45, 2.75) is 13.5 Å². The van der Waals surface area contributed by atoms with Gasteiger partial charge in [-0.2, -0.15) is 10.4 Å². The van der Waals surface area contributed by atoms with Crippen molar-refractivity contribution < 1.29 is 9.53 Å². The summed E-state index contributed by atoms with van der Waals surface area (Å²) in [5.74, 6) is 1.27. The van der Waals surface area contributed by atoms with Crippen molar-refractivity contribution in [2.24, 2.45) is 0 Å². The van der Waals surface area contributed by atoms with Gasteiger partial charge >= 0.3 is 0 Å². The number of nitriles is 1. The van der Waals surface area contributed by atoms with E-state index in [0.717, 1.165) is 21.9 Å². The largest absolute Gasteiger partial charge is 0.457 e. The molecule has 8 heteroatoms. The van der Waals surface area contributed by atoms with Crippen molar-refractivity contribution in [3.63, 3.8) is 0 Å². The summed E-state index contributed by atoms with van der Waals surface area (Å²) in [6.07, 6.45) is 3.19. The van der Waals surface area contributed by atoms with Crippen LogP contribution in [0.2, 0.25) is 0 Å². The van der Waals surface area contributed by atoms with Gasteiger partial charge in [0.1, 0.15) is 17.6 Å². The van der Waals surface area contributed by atoms with Crippen molar-refractivity contribution in [1.82, 2.24) is 14.9 Å². The molecule has 5 rings (SSSR count). The molecule has 35 heavy (non-hydrogen) atoms. The van der Waals surface area contributed by atoms with Gasteiger partial charge in [0.2, 0.25) is 0 Å². The van der Waals surface area contributed by atoms with Crippen LogP contribution in [-0.4, -0.2) is 15.5 Å². The van der Waals surface area contributed by atoms with Crippen molar-refractivity contribution in [3.05, 3.63) is 106 Å². The Hall–Kier alpha value is -4.61. The van der Waals surface area contributed by atoms with Gasteiger partial charge in [-0.15, -0.1) is 11.3 Å². The molecule has 0 aliphatic heterocycles. The number of nitrogens with one attached hydrogen (secondary N) is 2. The van der Waals surface area contributed by atoms with Crippen LogP contribution >= 0.6 is 11.3 Å². The Morgan fingerprint density at radius 1 is 1.09 bits per heavy atom. The highest BCUT2D eigenvalue weighted by Crippen LogP contribution is 2.31. The van der Waals surface area contributed by atoms with E-state index in [1.54, 1.807) is 22.0 Å². The summed E-state index contributed by atoms with van der Waals surface area (Å²) in [6, 6.07) is 23.2. The van der Waals surface area contributed by atoms with E-state index in [-0.39, 0.29) is 5.91 Å². The maximum Gasteiger partial charge on any atom is 0.253 e. The fourth-order valence-corrected chi connectivity index (χ4v) is 4.42. The number of amides is 1. The van der Waals surface area contributed by atoms with E-state index in [4.69, 9.17) is 4.74 Å². The Balaban J connectivity index is 1.42. The number of carbonyl (C=O) groups is 1. The molecule has 0 unspecified atom stereocenters. The number of benzene rings is 2. The maximum atomic E-state index is 12.9. The average molecular weight is 480 g/mol. The lowest BCUT2D eigenvalue weighted by molar-refractivity contribution is 0.0951. The van der Waals surface area contributed by atoms with Crippen molar-refractivity contribution in [3.8, 4) is 17.6 Å². The van der Waals surface area contributed by atoms with Gasteiger partial charge in [-0.3, -0.25) is 4.79 Å². The lowest BCUT2D eigenvalue weighted by Gasteiger charge is -2.12. The third-order valence-corrected chi connectivity index (χ3v) is 6.40. The number of carbonyl (C=O) groups excluding carboxylic acids is 1. The van der Waals surface area contributed by atoms with Crippen LogP contribution in [0.25, 0.3) is 5.52 Å². The van der Waals surface area contributed by atoms with Gasteiger partial charge in [-0.1, -0.05) is 24.3 Å². The smallest absolute Gasteiger partial charge is 0.253 e. The van der Waals surface area contributed by atoms with Gasteiger partial charge in [0.15, 0.2) is 0 Å². The highest BCUT2D eigenvalue weighted by molar-refractivity contribution is 7.09. The number of rotatable bonds is 7. The van der Waals surface area contributed by atoms with E-state index in [1.165, 1.54) is 6.20 Å². The zero-order valence-corrected chi connectivity index (χ0v) is 19.7. The molecular weight excluding hydrogens is 458 g/mol. The first-order chi connectivity index (χ1) is 17.1. The number of thiophene rings is 1. The molecule has 2 N–H and O–H groups in total. The predicted molar refractivity (Wildman–Crippen MR) is 136 cm³/mol. The number of hydrogen-bond acceptors (Lipinski definition) is 6. The fourth-order valence-electron chi connectivity index (χ4n) is 3.78. The van der Waals surface area contributed by atoms with Crippen LogP contribution in [0, 0.1) is 18.3 Å². The number of ether oxygens (including phenoxy) is 1. The molecule has 0 aliphatic rings. The summed E-state index contributed by atoms with van der Waals surface area (Å²) < 4.78 is 7.49. The van der Waals surface area contributed by atoms with Crippen molar-refractivity contribution in [1.29, 1.82) is 5.26 Å². The highest BCUT2D eigenvalue weighted by atomic mass is 32.1. The van der Waals surface area contributed by atoms with E-state index in [2.05, 4.69) is 21.8 Å². The molecule has 0 radical (unpaired) electrons. The van der Waals surface area contributed by atoms with Gasteiger partial charge in [0, 0.05) is 16.8 Å². The van der Waals surface area contributed by atoms with E-state index in [0.29, 0.717) is 34.6 Å². The third-order valence-electron chi connectivity index (χ3n) is 5.53. The SMILES string of the molecule is Cc1c(C(=O)NCc2cccs2)cn2ncc(C#N)c(Nc3ccc(Oc4ccccc4)cc3)c12. The second-order valence-electron chi connectivity index (χ2n) is 7.83. The van der Waals surface area contributed by atoms with Crippen LogP contribution in [0.4, 0.5) is 11.4 Å². The van der Waals surface area contributed by atoms with Gasteiger partial charge in [0.05, 0.1) is 35.1 Å². The summed E-state index contributed by atoms with van der Waals surface area (Å²) in [5.41, 5.74) is 3.68. The molecule has 0 saturated heterocycles. The lowest BCUT2D eigenvalue weighted by atomic mass is 10.1. The number of hydrogen-bond donors (Lipinski definition) is 2. The Kier molecular flexibility index (Phi) is 6.16. The van der Waals surface area contributed by atoms with E-state index in [9.17, 15) is 10.1 Å². The Morgan fingerprint density at radius 3 is 2.57 bits per heavy atom. The van der Waals surface area contributed by atoms with Crippen LogP contribution in [0.5, 0.6) is 11.5 Å². The zero-order valence-electron chi connectivity index (χ0n) is 18.9. The molecule has 3 heterocycles. The topological polar surface area (TPSA) is 91.5 Å². The predicted octanol–water partition coefficient (Wildman–Crippen LogP) is 6.04. The third kappa shape index (κ3) is 4.71. The molecule has 0 aliphatic carbocycles. The minimum absolute atomic E-state index is 0.187. The molecule has 2 aromatic carbocycles. The molecule has 0 bridgehead atoms. The molecule has 0 saturated carbocycles. The summed E-state index contributed by atoms with van der Waals surface area (Å²) >= 11 is 1.59. The Morgan fingerprint density at radius 2 is 1.86 bits per heavy atom. The minimum atomic E-state index is -0.187. The number of anilines is 2. The first-order valence-corrected chi connectivity index (χ1v) is 11.8. The minimum Gasteiger partial charge on any atom is -0.457 e. The molecule has 1 amide bonds. The van der Waals surface area contributed by atoms with Gasteiger partial charge < -0.3 is 15.4 Å². The molecule has 0 atom stereocenters. The Labute approximate surface area is 206 Å². The number of para-hydroxylation sites is 1. The lowest BCUT2D eigenvalue weighted by Crippen LogP contribution is -2.22. The van der Waals surface area contributed by atoms with Gasteiger partial charge in [-0.05, 0) is 60.3 Å². The first kappa shape index (κ1) is 22.2. The summed E-state index contributed by atoms with van der Waals surface area (Å²) in [5, 5.41) is 22.3. The fraction of sp³-hybridized carbons (Fsp3) is 0.0741. The van der Waals surface area contributed by atoms with Crippen molar-refractivity contribution >= 4 is 34.1 Å². The normalized spacial score (nSPS) is 10.6. The standard InChI is InChI=1S/C27H21N5O2S/c1-18-24(27(33)29-16-23-8-5-13-35-23)17-32-26(18)25(19(14-28)15-30-32)31-20-9-11-22(12-10-20)34-21-6-3-2-4-7-21/h2-13,15,17,31H,16H2,1H3,(H,29,33). The van der Waals surface area contributed by atoms with E-state index < -0.39 is 0 Å². The first-order valence-electron chi connectivity index (χ1n) is 10.9. The van der Waals surface area contributed by atoms with Crippen molar-refractivity contribution in [2.75, 3.05) is 5.32 Å². The summed E-state index contributed by atoms with van der Waals surface area (Å²) in [6.45, 7) is 2.32. The zero-order chi connectivity index (χ0) is 24.2. The van der Waals surface area contributed by atoms with Crippen LogP contribution in [0.3, 0.4) is 0 Å². The van der Waals surface area contributed by atoms with Gasteiger partial charge in [-0.25, -0.2) is 4.52 Å². The van der Waals surface area contributed by atoms with Crippen LogP contribution < -0.4 is 15.4 Å². The summed E-state index contributed by atoms with van der Waals surface area (Å²) in [7, 11) is 0. The highest BCUT2D eigenvalue weighted by Gasteiger charge is 2.19. The molecule has 0 spiro atoms. The second kappa shape index (κ2) is 9.71. The van der Waals surface area contributed by atoms with Crippen LogP contribution in [0.1, 0.15) is 26.4 Å². The monoisotopic (exact) mass is 479 g/mol. The quantitative estimate of drug-likeness (QED) is 0.297. The molecule has 7 nitrogen and oxygen atoms in total. The van der Waals surface area contributed by atoms with Gasteiger partial charge in [0.25, 0.3) is 5.91 Å². The molecule has 3 aromatic heterocycles. The number of aromatic nitrogens is 2. The molecule has 172 valence electrons. The Bertz CT molecular complexity index is 1520. The average Bonchev–Trinajstić information content (AvgIpc) is 3.53. The molecule has 0 fully saturated rings. The van der Waals surface area contributed by atoms with Crippen LogP contribution in [0.15, 0.2) is 84.5 Å². The second-order valence-corrected chi connectivity index (χ2v) is 8.86. The van der Waals surface area contributed by atoms with E-state index >= 15 is 0 Å².